The molecule has 1 heterocycles. The molecule has 0 bridgehead atoms. The first-order chi connectivity index (χ1) is 16.2. The normalized spacial score (nSPS) is 18.1. The van der Waals surface area contributed by atoms with Crippen LogP contribution in [0.15, 0.2) is 0 Å². The summed E-state index contributed by atoms with van der Waals surface area (Å²) in [6.07, 6.45) is 13.4. The predicted molar refractivity (Wildman–Crippen MR) is 138 cm³/mol. The maximum atomic E-state index is 13.0. The fourth-order valence-electron chi connectivity index (χ4n) is 4.31. The van der Waals surface area contributed by atoms with Gasteiger partial charge in [-0.3, -0.25) is 9.59 Å². The number of ether oxygens (including phenoxy) is 1. The third-order valence-electron chi connectivity index (χ3n) is 6.30. The summed E-state index contributed by atoms with van der Waals surface area (Å²) in [7, 11) is 0. The minimum Gasteiger partial charge on any atom is -0.444 e. The highest BCUT2D eigenvalue weighted by Crippen LogP contribution is 2.26. The number of carbonyl (C=O) groups excluding carboxylic acids is 3. The number of unbranched alkanes of at least 4 members (excludes halogenated alkanes) is 10. The van der Waals surface area contributed by atoms with Gasteiger partial charge in [0.05, 0.1) is 11.8 Å². The summed E-state index contributed by atoms with van der Waals surface area (Å²) in [5, 5.41) is 6.01. The molecule has 2 N–H and O–H groups in total. The smallest absolute Gasteiger partial charge is 0.410 e. The van der Waals surface area contributed by atoms with Crippen LogP contribution in [0.3, 0.4) is 0 Å². The summed E-state index contributed by atoms with van der Waals surface area (Å²) in [6.45, 7) is 11.5. The summed E-state index contributed by atoms with van der Waals surface area (Å²) >= 11 is 0. The zero-order valence-electron chi connectivity index (χ0n) is 22.5. The molecule has 7 heteroatoms. The molecule has 0 aromatic carbocycles. The molecule has 1 rings (SSSR count). The fraction of sp³-hybridized carbons (Fsp3) is 0.889. The maximum Gasteiger partial charge on any atom is 0.410 e. The number of carbonyl (C=O) groups is 3. The molecule has 0 unspecified atom stereocenters. The summed E-state index contributed by atoms with van der Waals surface area (Å²) in [4.78, 5) is 40.0. The Kier molecular flexibility index (Phi) is 14.9. The van der Waals surface area contributed by atoms with E-state index in [2.05, 4.69) is 24.5 Å². The van der Waals surface area contributed by atoms with E-state index in [4.69, 9.17) is 4.74 Å². The van der Waals surface area contributed by atoms with E-state index in [1.807, 2.05) is 20.8 Å². The lowest BCUT2D eigenvalue weighted by Gasteiger charge is -2.24. The van der Waals surface area contributed by atoms with Crippen LogP contribution >= 0.6 is 0 Å². The summed E-state index contributed by atoms with van der Waals surface area (Å²) < 4.78 is 5.49. The zero-order chi connectivity index (χ0) is 25.4. The maximum absolute atomic E-state index is 13.0. The molecule has 0 aliphatic carbocycles. The molecule has 1 fully saturated rings. The van der Waals surface area contributed by atoms with Crippen molar-refractivity contribution in [2.24, 2.45) is 11.8 Å². The SMILES string of the molecule is CCCCCCCCNC(=O)[C@@H]1CN(C(=O)OC(C)(C)C)C[C@H]1C(=O)NCCCCCCCC. The van der Waals surface area contributed by atoms with E-state index in [-0.39, 0.29) is 24.9 Å². The summed E-state index contributed by atoms with van der Waals surface area (Å²) in [5.74, 6) is -1.37. The van der Waals surface area contributed by atoms with Gasteiger partial charge in [-0.15, -0.1) is 0 Å². The number of nitrogens with one attached hydrogen (secondary N) is 2. The van der Waals surface area contributed by atoms with Crippen LogP contribution in [-0.4, -0.2) is 54.6 Å². The van der Waals surface area contributed by atoms with Gasteiger partial charge in [0.15, 0.2) is 0 Å². The number of hydrogen-bond acceptors (Lipinski definition) is 4. The van der Waals surface area contributed by atoms with Crippen molar-refractivity contribution in [3.8, 4) is 0 Å². The van der Waals surface area contributed by atoms with E-state index in [1.54, 1.807) is 0 Å². The quantitative estimate of drug-likeness (QED) is 0.288. The Balaban J connectivity index is 2.58. The first-order valence-corrected chi connectivity index (χ1v) is 13.7. The highest BCUT2D eigenvalue weighted by molar-refractivity contribution is 5.89. The van der Waals surface area contributed by atoms with Crippen molar-refractivity contribution in [3.63, 3.8) is 0 Å². The molecule has 2 atom stereocenters. The van der Waals surface area contributed by atoms with Crippen LogP contribution in [0.25, 0.3) is 0 Å². The van der Waals surface area contributed by atoms with Gasteiger partial charge in [0.1, 0.15) is 5.60 Å². The van der Waals surface area contributed by atoms with Gasteiger partial charge in [0, 0.05) is 26.2 Å². The van der Waals surface area contributed by atoms with Crippen LogP contribution in [0.4, 0.5) is 4.79 Å². The molecule has 0 aromatic rings. The fourth-order valence-corrected chi connectivity index (χ4v) is 4.31. The van der Waals surface area contributed by atoms with Crippen LogP contribution < -0.4 is 10.6 Å². The predicted octanol–water partition coefficient (Wildman–Crippen LogP) is 5.42. The zero-order valence-corrected chi connectivity index (χ0v) is 22.5. The molecular weight excluding hydrogens is 430 g/mol. The Morgan fingerprint density at radius 1 is 0.706 bits per heavy atom. The van der Waals surface area contributed by atoms with E-state index in [1.165, 1.54) is 56.3 Å². The number of nitrogens with zero attached hydrogens (tertiary/aromatic N) is 1. The molecule has 34 heavy (non-hydrogen) atoms. The molecule has 198 valence electrons. The van der Waals surface area contributed by atoms with Gasteiger partial charge in [-0.25, -0.2) is 4.79 Å². The lowest BCUT2D eigenvalue weighted by molar-refractivity contribution is -0.132. The first kappa shape index (κ1) is 30.2. The lowest BCUT2D eigenvalue weighted by Crippen LogP contribution is -2.42. The van der Waals surface area contributed by atoms with E-state index < -0.39 is 23.5 Å². The number of amides is 3. The van der Waals surface area contributed by atoms with Crippen molar-refractivity contribution in [3.05, 3.63) is 0 Å². The topological polar surface area (TPSA) is 87.7 Å². The summed E-state index contributed by atoms with van der Waals surface area (Å²) in [5.41, 5.74) is -0.620. The van der Waals surface area contributed by atoms with Gasteiger partial charge in [0.2, 0.25) is 11.8 Å². The molecule has 0 saturated carbocycles. The van der Waals surface area contributed by atoms with E-state index in [0.717, 1.165) is 25.7 Å². The van der Waals surface area contributed by atoms with E-state index >= 15 is 0 Å². The van der Waals surface area contributed by atoms with Crippen LogP contribution in [0.5, 0.6) is 0 Å². The van der Waals surface area contributed by atoms with Crippen LogP contribution in [0, 0.1) is 11.8 Å². The molecule has 7 nitrogen and oxygen atoms in total. The highest BCUT2D eigenvalue weighted by Gasteiger charge is 2.44. The number of hydrogen-bond donors (Lipinski definition) is 2. The average molecular weight is 482 g/mol. The minimum atomic E-state index is -0.620. The average Bonchev–Trinajstić information content (AvgIpc) is 3.22. The second-order valence-corrected chi connectivity index (χ2v) is 10.7. The van der Waals surface area contributed by atoms with Crippen molar-refractivity contribution in [1.82, 2.24) is 15.5 Å². The molecular formula is C27H51N3O4. The van der Waals surface area contributed by atoms with Crippen LogP contribution in [-0.2, 0) is 14.3 Å². The Bertz CT molecular complexity index is 565. The van der Waals surface area contributed by atoms with Gasteiger partial charge in [-0.2, -0.15) is 0 Å². The molecule has 0 aromatic heterocycles. The van der Waals surface area contributed by atoms with Gasteiger partial charge in [-0.05, 0) is 33.6 Å². The molecule has 3 amide bonds. The van der Waals surface area contributed by atoms with Crippen molar-refractivity contribution < 1.29 is 19.1 Å². The van der Waals surface area contributed by atoms with Gasteiger partial charge in [0.25, 0.3) is 0 Å². The Hall–Kier alpha value is -1.79. The van der Waals surface area contributed by atoms with Gasteiger partial charge >= 0.3 is 6.09 Å². The molecule has 1 saturated heterocycles. The second kappa shape index (κ2) is 16.8. The first-order valence-electron chi connectivity index (χ1n) is 13.7. The Labute approximate surface area is 208 Å². The third-order valence-corrected chi connectivity index (χ3v) is 6.30. The largest absolute Gasteiger partial charge is 0.444 e. The van der Waals surface area contributed by atoms with Crippen LogP contribution in [0.2, 0.25) is 0 Å². The minimum absolute atomic E-state index is 0.140. The number of rotatable bonds is 16. The van der Waals surface area contributed by atoms with E-state index in [9.17, 15) is 14.4 Å². The Morgan fingerprint density at radius 3 is 1.47 bits per heavy atom. The summed E-state index contributed by atoms with van der Waals surface area (Å²) in [6, 6.07) is 0. The van der Waals surface area contributed by atoms with Gasteiger partial charge in [-0.1, -0.05) is 78.1 Å². The van der Waals surface area contributed by atoms with Crippen molar-refractivity contribution in [1.29, 1.82) is 0 Å². The van der Waals surface area contributed by atoms with Crippen molar-refractivity contribution in [2.45, 2.75) is 117 Å². The standard InChI is InChI=1S/C27H51N3O4/c1-6-8-10-12-14-16-18-28-24(31)22-20-30(26(33)34-27(3,4)5)21-23(22)25(32)29-19-17-15-13-11-9-7-2/h22-23H,6-21H2,1-5H3,(H,28,31)(H,29,32)/t22-,23-/m1/s1. The second-order valence-electron chi connectivity index (χ2n) is 10.7. The van der Waals surface area contributed by atoms with Gasteiger partial charge < -0.3 is 20.3 Å². The Morgan fingerprint density at radius 2 is 1.09 bits per heavy atom. The lowest BCUT2D eigenvalue weighted by atomic mass is 9.94. The highest BCUT2D eigenvalue weighted by atomic mass is 16.6. The molecule has 1 aliphatic rings. The monoisotopic (exact) mass is 481 g/mol. The van der Waals surface area contributed by atoms with Crippen molar-refractivity contribution in [2.75, 3.05) is 26.2 Å². The molecule has 1 aliphatic heterocycles. The van der Waals surface area contributed by atoms with Crippen LogP contribution in [0.1, 0.15) is 112 Å². The number of likely N-dealkylation sites (tertiary alicyclic amines) is 1. The van der Waals surface area contributed by atoms with E-state index in [0.29, 0.717) is 13.1 Å². The van der Waals surface area contributed by atoms with Crippen molar-refractivity contribution >= 4 is 17.9 Å². The molecule has 0 radical (unpaired) electrons. The molecule has 0 spiro atoms. The third kappa shape index (κ3) is 12.6.